The molecule has 0 atom stereocenters. The Labute approximate surface area is 119 Å². The summed E-state index contributed by atoms with van der Waals surface area (Å²) in [6.45, 7) is 4.71. The summed E-state index contributed by atoms with van der Waals surface area (Å²) in [7, 11) is 3.50. The van der Waals surface area contributed by atoms with E-state index in [1.807, 2.05) is 38.1 Å². The van der Waals surface area contributed by atoms with Crippen molar-refractivity contribution in [1.82, 2.24) is 15.1 Å². The van der Waals surface area contributed by atoms with Gasteiger partial charge in [0.05, 0.1) is 5.69 Å². The topological polar surface area (TPSA) is 61.0 Å². The second-order valence-electron chi connectivity index (χ2n) is 5.04. The second-order valence-corrected chi connectivity index (χ2v) is 5.04. The Morgan fingerprint density at radius 1 is 1.25 bits per heavy atom. The summed E-state index contributed by atoms with van der Waals surface area (Å²) >= 11 is 0. The van der Waals surface area contributed by atoms with Crippen molar-refractivity contribution in [2.75, 3.05) is 19.4 Å². The number of amides is 1. The summed E-state index contributed by atoms with van der Waals surface area (Å²) in [6.07, 6.45) is 0. The van der Waals surface area contributed by atoms with E-state index in [2.05, 4.69) is 15.5 Å². The Morgan fingerprint density at radius 2 is 1.90 bits per heavy atom. The number of rotatable bonds is 4. The number of hydrogen-bond donors (Lipinski definition) is 2. The third kappa shape index (κ3) is 2.99. The molecule has 0 spiro atoms. The maximum atomic E-state index is 11.8. The van der Waals surface area contributed by atoms with E-state index in [1.165, 1.54) is 5.56 Å². The fourth-order valence-corrected chi connectivity index (χ4v) is 2.01. The molecule has 0 aliphatic rings. The summed E-state index contributed by atoms with van der Waals surface area (Å²) in [5.74, 6) is 0.0121. The zero-order valence-electron chi connectivity index (χ0n) is 12.3. The van der Waals surface area contributed by atoms with Crippen LogP contribution >= 0.6 is 0 Å². The van der Waals surface area contributed by atoms with Gasteiger partial charge in [-0.05, 0) is 38.1 Å². The Hall–Kier alpha value is -2.30. The highest BCUT2D eigenvalue weighted by molar-refractivity contribution is 5.94. The first-order valence-corrected chi connectivity index (χ1v) is 6.55. The van der Waals surface area contributed by atoms with E-state index in [4.69, 9.17) is 0 Å². The molecule has 0 saturated carbocycles. The average Bonchev–Trinajstić information content (AvgIpc) is 2.75. The summed E-state index contributed by atoms with van der Waals surface area (Å²) in [5.41, 5.74) is 4.94. The lowest BCUT2D eigenvalue weighted by Gasteiger charge is -2.11. The second kappa shape index (κ2) is 5.77. The van der Waals surface area contributed by atoms with Crippen LogP contribution in [-0.4, -0.2) is 35.1 Å². The van der Waals surface area contributed by atoms with Crippen molar-refractivity contribution in [2.45, 2.75) is 20.4 Å². The molecule has 0 radical (unpaired) electrons. The van der Waals surface area contributed by atoms with E-state index in [0.717, 1.165) is 23.6 Å². The lowest BCUT2D eigenvalue weighted by molar-refractivity contribution is 0.0827. The van der Waals surface area contributed by atoms with Crippen molar-refractivity contribution in [2.24, 2.45) is 0 Å². The first-order valence-electron chi connectivity index (χ1n) is 6.55. The molecular formula is C15H20N4O. The zero-order valence-corrected chi connectivity index (χ0v) is 12.3. The molecule has 2 rings (SSSR count). The number of benzene rings is 1. The molecule has 5 nitrogen and oxygen atoms in total. The van der Waals surface area contributed by atoms with E-state index in [9.17, 15) is 4.79 Å². The molecule has 106 valence electrons. The number of aryl methyl sites for hydroxylation is 2. The van der Waals surface area contributed by atoms with Crippen LogP contribution in [0.3, 0.4) is 0 Å². The van der Waals surface area contributed by atoms with Gasteiger partial charge in [-0.3, -0.25) is 9.89 Å². The fourth-order valence-electron chi connectivity index (χ4n) is 2.01. The Balaban J connectivity index is 2.03. The van der Waals surface area contributed by atoms with Crippen LogP contribution in [0.1, 0.15) is 27.3 Å². The first-order chi connectivity index (χ1) is 9.49. The molecule has 0 unspecified atom stereocenters. The van der Waals surface area contributed by atoms with E-state index in [0.29, 0.717) is 5.56 Å². The number of hydrogen-bond acceptors (Lipinski definition) is 3. The summed E-state index contributed by atoms with van der Waals surface area (Å²) in [4.78, 5) is 13.4. The predicted molar refractivity (Wildman–Crippen MR) is 79.8 cm³/mol. The van der Waals surface area contributed by atoms with Crippen LogP contribution in [0.15, 0.2) is 24.3 Å². The minimum Gasteiger partial charge on any atom is -0.381 e. The van der Waals surface area contributed by atoms with E-state index >= 15 is 0 Å². The molecular weight excluding hydrogens is 252 g/mol. The molecule has 0 aliphatic heterocycles. The molecule has 0 aliphatic carbocycles. The van der Waals surface area contributed by atoms with Crippen LogP contribution in [0.25, 0.3) is 0 Å². The van der Waals surface area contributed by atoms with Gasteiger partial charge in [0.2, 0.25) is 0 Å². The van der Waals surface area contributed by atoms with E-state index in [-0.39, 0.29) is 5.91 Å². The Morgan fingerprint density at radius 3 is 2.40 bits per heavy atom. The maximum absolute atomic E-state index is 11.8. The zero-order chi connectivity index (χ0) is 14.7. The van der Waals surface area contributed by atoms with E-state index in [1.54, 1.807) is 19.0 Å². The molecule has 0 bridgehead atoms. The van der Waals surface area contributed by atoms with Gasteiger partial charge in [0.1, 0.15) is 0 Å². The van der Waals surface area contributed by atoms with Gasteiger partial charge >= 0.3 is 0 Å². The van der Waals surface area contributed by atoms with Gasteiger partial charge in [-0.1, -0.05) is 0 Å². The number of anilines is 1. The van der Waals surface area contributed by atoms with Crippen molar-refractivity contribution in [1.29, 1.82) is 0 Å². The molecule has 1 amide bonds. The lowest BCUT2D eigenvalue weighted by atomic mass is 10.1. The van der Waals surface area contributed by atoms with Crippen LogP contribution in [0.5, 0.6) is 0 Å². The van der Waals surface area contributed by atoms with Gasteiger partial charge in [0, 0.05) is 43.1 Å². The molecule has 20 heavy (non-hydrogen) atoms. The van der Waals surface area contributed by atoms with Crippen molar-refractivity contribution < 1.29 is 4.79 Å². The van der Waals surface area contributed by atoms with Gasteiger partial charge in [-0.15, -0.1) is 0 Å². The molecule has 1 aromatic heterocycles. The van der Waals surface area contributed by atoms with Crippen LogP contribution in [-0.2, 0) is 6.54 Å². The van der Waals surface area contributed by atoms with Crippen LogP contribution < -0.4 is 5.32 Å². The van der Waals surface area contributed by atoms with Crippen molar-refractivity contribution >= 4 is 11.6 Å². The number of nitrogens with one attached hydrogen (secondary N) is 2. The summed E-state index contributed by atoms with van der Waals surface area (Å²) in [5, 5.41) is 10.5. The van der Waals surface area contributed by atoms with Crippen molar-refractivity contribution in [3.8, 4) is 0 Å². The average molecular weight is 272 g/mol. The minimum absolute atomic E-state index is 0.0121. The van der Waals surface area contributed by atoms with Gasteiger partial charge in [-0.2, -0.15) is 5.10 Å². The molecule has 2 N–H and O–H groups in total. The number of carbonyl (C=O) groups is 1. The normalized spacial score (nSPS) is 10.4. The largest absolute Gasteiger partial charge is 0.381 e. The summed E-state index contributed by atoms with van der Waals surface area (Å²) < 4.78 is 0. The highest BCUT2D eigenvalue weighted by Crippen LogP contribution is 2.15. The van der Waals surface area contributed by atoms with Gasteiger partial charge in [0.25, 0.3) is 5.91 Å². The van der Waals surface area contributed by atoms with E-state index < -0.39 is 0 Å². The van der Waals surface area contributed by atoms with Crippen LogP contribution in [0.2, 0.25) is 0 Å². The maximum Gasteiger partial charge on any atom is 0.253 e. The third-order valence-electron chi connectivity index (χ3n) is 3.29. The number of nitrogens with zero attached hydrogens (tertiary/aromatic N) is 2. The Bertz CT molecular complexity index is 579. The van der Waals surface area contributed by atoms with Gasteiger partial charge in [-0.25, -0.2) is 0 Å². The first kappa shape index (κ1) is 14.1. The van der Waals surface area contributed by atoms with Crippen LogP contribution in [0.4, 0.5) is 5.69 Å². The molecule has 2 aromatic rings. The quantitative estimate of drug-likeness (QED) is 0.898. The fraction of sp³-hybridized carbons (Fsp3) is 0.333. The number of aromatic amines is 1. The molecule has 1 heterocycles. The minimum atomic E-state index is 0.0121. The summed E-state index contributed by atoms with van der Waals surface area (Å²) in [6, 6.07) is 7.50. The highest BCUT2D eigenvalue weighted by Gasteiger charge is 2.08. The van der Waals surface area contributed by atoms with Crippen LogP contribution in [0, 0.1) is 13.8 Å². The molecule has 1 aromatic carbocycles. The van der Waals surface area contributed by atoms with Crippen molar-refractivity contribution in [3.63, 3.8) is 0 Å². The molecule has 0 saturated heterocycles. The standard InChI is InChI=1S/C15H20N4O/c1-10-14(11(2)18-17-10)9-16-13-7-5-12(6-8-13)15(20)19(3)4/h5-8,16H,9H2,1-4H3,(H,17,18). The lowest BCUT2D eigenvalue weighted by Crippen LogP contribution is -2.21. The molecule has 0 fully saturated rings. The van der Waals surface area contributed by atoms with Gasteiger partial charge in [0.15, 0.2) is 0 Å². The number of carbonyl (C=O) groups excluding carboxylic acids is 1. The van der Waals surface area contributed by atoms with Crippen molar-refractivity contribution in [3.05, 3.63) is 46.8 Å². The molecule has 5 heteroatoms. The third-order valence-corrected chi connectivity index (χ3v) is 3.29. The predicted octanol–water partition coefficient (Wildman–Crippen LogP) is 2.34. The smallest absolute Gasteiger partial charge is 0.253 e. The monoisotopic (exact) mass is 272 g/mol. The highest BCUT2D eigenvalue weighted by atomic mass is 16.2. The number of aromatic nitrogens is 2. The SMILES string of the molecule is Cc1n[nH]c(C)c1CNc1ccc(C(=O)N(C)C)cc1. The number of H-pyrrole nitrogens is 1. The van der Waals surface area contributed by atoms with Gasteiger partial charge < -0.3 is 10.2 Å². The Kier molecular flexibility index (Phi) is 4.08.